The molecule has 0 unspecified atom stereocenters. The van der Waals surface area contributed by atoms with Gasteiger partial charge in [0, 0.05) is 6.20 Å². The van der Waals surface area contributed by atoms with Crippen molar-refractivity contribution in [2.45, 2.75) is 58.0 Å². The molecule has 4 bridgehead atoms. The number of aromatic nitrogens is 1. The molecule has 4 aliphatic carbocycles. The Balaban J connectivity index is 1.31. The number of carbonyl (C=O) groups is 2. The van der Waals surface area contributed by atoms with Crippen LogP contribution >= 0.6 is 11.6 Å². The van der Waals surface area contributed by atoms with Crippen molar-refractivity contribution in [2.75, 3.05) is 5.32 Å². The summed E-state index contributed by atoms with van der Waals surface area (Å²) in [5.41, 5.74) is 0.125. The van der Waals surface area contributed by atoms with Crippen molar-refractivity contribution in [3.8, 4) is 0 Å². The summed E-state index contributed by atoms with van der Waals surface area (Å²) in [5, 5.41) is 3.15. The molecule has 1 atom stereocenters. The van der Waals surface area contributed by atoms with E-state index < -0.39 is 6.10 Å². The van der Waals surface area contributed by atoms with Gasteiger partial charge in [0.2, 0.25) is 0 Å². The van der Waals surface area contributed by atoms with Crippen LogP contribution in [-0.4, -0.2) is 23.0 Å². The number of amides is 1. The Morgan fingerprint density at radius 2 is 1.85 bits per heavy atom. The van der Waals surface area contributed by atoms with Crippen LogP contribution in [0.25, 0.3) is 0 Å². The summed E-state index contributed by atoms with van der Waals surface area (Å²) < 4.78 is 5.44. The fourth-order valence-corrected chi connectivity index (χ4v) is 5.89. The SMILES string of the molecule is C[C@@H](OC(=O)CC12CC3CC(CC(C3)C1)C2)C(=O)Nc1ccc(Cl)cn1. The van der Waals surface area contributed by atoms with Gasteiger partial charge in [-0.05, 0) is 80.8 Å². The van der Waals surface area contributed by atoms with Crippen LogP contribution in [0.5, 0.6) is 0 Å². The predicted octanol–water partition coefficient (Wildman–Crippen LogP) is 4.21. The first-order chi connectivity index (χ1) is 12.4. The second-order valence-electron chi connectivity index (χ2n) is 8.58. The number of pyridine rings is 1. The summed E-state index contributed by atoms with van der Waals surface area (Å²) in [4.78, 5) is 28.8. The molecule has 0 aromatic carbocycles. The molecule has 1 amide bonds. The number of ether oxygens (including phenoxy) is 1. The molecule has 1 N–H and O–H groups in total. The van der Waals surface area contributed by atoms with E-state index in [9.17, 15) is 9.59 Å². The predicted molar refractivity (Wildman–Crippen MR) is 98.7 cm³/mol. The van der Waals surface area contributed by atoms with Crippen molar-refractivity contribution >= 4 is 29.3 Å². The molecule has 4 saturated carbocycles. The maximum Gasteiger partial charge on any atom is 0.307 e. The lowest BCUT2D eigenvalue weighted by atomic mass is 9.49. The molecule has 0 spiro atoms. The van der Waals surface area contributed by atoms with Gasteiger partial charge in [0.1, 0.15) is 5.82 Å². The van der Waals surface area contributed by atoms with Crippen LogP contribution in [0.3, 0.4) is 0 Å². The summed E-state index contributed by atoms with van der Waals surface area (Å²) in [6, 6.07) is 3.26. The number of carbonyl (C=O) groups excluding carboxylic acids is 2. The molecule has 4 aliphatic rings. The first kappa shape index (κ1) is 17.8. The largest absolute Gasteiger partial charge is 0.453 e. The van der Waals surface area contributed by atoms with Crippen molar-refractivity contribution < 1.29 is 14.3 Å². The average molecular weight is 377 g/mol. The molecular weight excluding hydrogens is 352 g/mol. The number of esters is 1. The zero-order chi connectivity index (χ0) is 18.3. The van der Waals surface area contributed by atoms with Gasteiger partial charge in [-0.15, -0.1) is 0 Å². The lowest BCUT2D eigenvalue weighted by molar-refractivity contribution is -0.160. The second-order valence-corrected chi connectivity index (χ2v) is 9.01. The smallest absolute Gasteiger partial charge is 0.307 e. The van der Waals surface area contributed by atoms with E-state index in [1.807, 2.05) is 0 Å². The Morgan fingerprint density at radius 1 is 1.23 bits per heavy atom. The Labute approximate surface area is 158 Å². The average Bonchev–Trinajstić information content (AvgIpc) is 2.55. The molecule has 140 valence electrons. The Bertz CT molecular complexity index is 668. The van der Waals surface area contributed by atoms with E-state index >= 15 is 0 Å². The first-order valence-corrected chi connectivity index (χ1v) is 9.90. The van der Waals surface area contributed by atoms with Crippen molar-refractivity contribution in [3.63, 3.8) is 0 Å². The second kappa shape index (κ2) is 6.84. The Hall–Kier alpha value is -1.62. The summed E-state index contributed by atoms with van der Waals surface area (Å²) in [5.74, 6) is 2.16. The van der Waals surface area contributed by atoms with Crippen LogP contribution in [0, 0.1) is 23.2 Å². The quantitative estimate of drug-likeness (QED) is 0.781. The fraction of sp³-hybridized carbons (Fsp3) is 0.650. The lowest BCUT2D eigenvalue weighted by Gasteiger charge is -2.56. The van der Waals surface area contributed by atoms with Gasteiger partial charge in [0.25, 0.3) is 5.91 Å². The highest BCUT2D eigenvalue weighted by molar-refractivity contribution is 6.30. The van der Waals surface area contributed by atoms with Gasteiger partial charge in [-0.1, -0.05) is 11.6 Å². The highest BCUT2D eigenvalue weighted by atomic mass is 35.5. The van der Waals surface area contributed by atoms with Crippen LogP contribution in [0.1, 0.15) is 51.9 Å². The van der Waals surface area contributed by atoms with E-state index in [0.717, 1.165) is 37.0 Å². The van der Waals surface area contributed by atoms with Gasteiger partial charge in [-0.2, -0.15) is 0 Å². The highest BCUT2D eigenvalue weighted by Crippen LogP contribution is 2.61. The van der Waals surface area contributed by atoms with Crippen LogP contribution in [0.15, 0.2) is 18.3 Å². The highest BCUT2D eigenvalue weighted by Gasteiger charge is 2.51. The van der Waals surface area contributed by atoms with E-state index in [2.05, 4.69) is 10.3 Å². The molecule has 6 heteroatoms. The number of hydrogen-bond acceptors (Lipinski definition) is 4. The maximum atomic E-state index is 12.5. The molecule has 1 heterocycles. The molecule has 0 saturated heterocycles. The molecule has 0 radical (unpaired) electrons. The number of nitrogens with zero attached hydrogens (tertiary/aromatic N) is 1. The number of halogens is 1. The number of nitrogens with one attached hydrogen (secondary N) is 1. The minimum Gasteiger partial charge on any atom is -0.453 e. The molecule has 1 aromatic heterocycles. The molecule has 0 aliphatic heterocycles. The van der Waals surface area contributed by atoms with Crippen LogP contribution in [0.2, 0.25) is 5.02 Å². The Kier molecular flexibility index (Phi) is 4.68. The van der Waals surface area contributed by atoms with E-state index in [-0.39, 0.29) is 17.3 Å². The minimum atomic E-state index is -0.839. The third kappa shape index (κ3) is 3.73. The molecule has 1 aromatic rings. The molecule has 26 heavy (non-hydrogen) atoms. The van der Waals surface area contributed by atoms with Crippen molar-refractivity contribution in [1.82, 2.24) is 4.98 Å². The van der Waals surface area contributed by atoms with E-state index in [1.165, 1.54) is 25.5 Å². The van der Waals surface area contributed by atoms with Crippen molar-refractivity contribution in [1.29, 1.82) is 0 Å². The van der Waals surface area contributed by atoms with Crippen LogP contribution in [0.4, 0.5) is 5.82 Å². The summed E-state index contributed by atoms with van der Waals surface area (Å²) in [7, 11) is 0. The van der Waals surface area contributed by atoms with Gasteiger partial charge >= 0.3 is 5.97 Å². The summed E-state index contributed by atoms with van der Waals surface area (Å²) >= 11 is 5.78. The third-order valence-electron chi connectivity index (χ3n) is 6.34. The van der Waals surface area contributed by atoms with Gasteiger partial charge in [-0.3, -0.25) is 9.59 Å². The first-order valence-electron chi connectivity index (χ1n) is 9.53. The van der Waals surface area contributed by atoms with Crippen LogP contribution < -0.4 is 5.32 Å². The number of anilines is 1. The molecule has 5 rings (SSSR count). The maximum absolute atomic E-state index is 12.5. The monoisotopic (exact) mass is 376 g/mol. The van der Waals surface area contributed by atoms with Gasteiger partial charge in [-0.25, -0.2) is 4.98 Å². The number of hydrogen-bond donors (Lipinski definition) is 1. The normalized spacial score (nSPS) is 32.9. The van der Waals surface area contributed by atoms with Gasteiger partial charge < -0.3 is 10.1 Å². The van der Waals surface area contributed by atoms with E-state index in [0.29, 0.717) is 17.3 Å². The van der Waals surface area contributed by atoms with Gasteiger partial charge in [0.15, 0.2) is 6.10 Å². The molecule has 5 nitrogen and oxygen atoms in total. The zero-order valence-electron chi connectivity index (χ0n) is 15.0. The molecule has 4 fully saturated rings. The molecular formula is C20H25ClN2O3. The topological polar surface area (TPSA) is 68.3 Å². The lowest BCUT2D eigenvalue weighted by Crippen LogP contribution is -2.47. The minimum absolute atomic E-state index is 0.125. The standard InChI is InChI=1S/C20H25ClN2O3/c1-12(19(25)23-17-3-2-16(21)11-22-17)26-18(24)10-20-7-13-4-14(8-20)6-15(5-13)9-20/h2-3,11-15H,4-10H2,1H3,(H,22,23,25)/t12-,13?,14?,15?,20?/m1/s1. The fourth-order valence-electron chi connectivity index (χ4n) is 5.78. The van der Waals surface area contributed by atoms with E-state index in [4.69, 9.17) is 16.3 Å². The van der Waals surface area contributed by atoms with Crippen molar-refractivity contribution in [2.24, 2.45) is 23.2 Å². The summed E-state index contributed by atoms with van der Waals surface area (Å²) in [6.45, 7) is 1.60. The third-order valence-corrected chi connectivity index (χ3v) is 6.56. The van der Waals surface area contributed by atoms with E-state index in [1.54, 1.807) is 19.1 Å². The van der Waals surface area contributed by atoms with Crippen molar-refractivity contribution in [3.05, 3.63) is 23.4 Å². The van der Waals surface area contributed by atoms with Gasteiger partial charge in [0.05, 0.1) is 11.4 Å². The Morgan fingerprint density at radius 3 is 2.38 bits per heavy atom. The zero-order valence-corrected chi connectivity index (χ0v) is 15.8. The number of rotatable bonds is 5. The van der Waals surface area contributed by atoms with Crippen LogP contribution in [-0.2, 0) is 14.3 Å². The summed E-state index contributed by atoms with van der Waals surface area (Å²) in [6.07, 6.45) is 8.59.